The smallest absolute Gasteiger partial charge is 0.255 e. The highest BCUT2D eigenvalue weighted by Crippen LogP contribution is 2.40. The summed E-state index contributed by atoms with van der Waals surface area (Å²) in [6.07, 6.45) is 7.67. The number of amides is 4. The maximum atomic E-state index is 13.2. The van der Waals surface area contributed by atoms with Crippen molar-refractivity contribution >= 4 is 46.9 Å². The Hall–Kier alpha value is -5.35. The molecule has 61 heavy (non-hydrogen) atoms. The molecule has 0 bridgehead atoms. The first-order valence-corrected chi connectivity index (χ1v) is 22.1. The number of nitrogens with zero attached hydrogens (tertiary/aromatic N) is 6. The molecule has 4 N–H and O–H groups in total. The van der Waals surface area contributed by atoms with Crippen LogP contribution in [0.2, 0.25) is 0 Å². The predicted molar refractivity (Wildman–Crippen MR) is 232 cm³/mol. The van der Waals surface area contributed by atoms with E-state index >= 15 is 0 Å². The average molecular weight is 844 g/mol. The van der Waals surface area contributed by atoms with Crippen LogP contribution in [0.15, 0.2) is 89.0 Å². The fraction of sp³-hybridized carbons (Fsp3) is 0.435. The standard InChI is InChI=1S/C46H53N9O5S/c1-45(47)15-20-54(21-16-45)39-23-49-42(24-48-39)61-34-5-2-4-33(22-34)50-41(57)14-18-53-29-46(30-53)17-19-52(28-46)25-31-8-10-32(11-9-31)27-60-38-7-3-6-35-36(38)26-55(44(35)59)37-12-13-40(56)51-43(37)58/h2-11,22-24,37H,12-21,25-30,47H2,1H3,(H,50,57)(H,51,56,58). The molecule has 0 radical (unpaired) electrons. The molecule has 3 aromatic carbocycles. The maximum absolute atomic E-state index is 13.2. The minimum Gasteiger partial charge on any atom is -0.489 e. The Morgan fingerprint density at radius 2 is 1.70 bits per heavy atom. The third-order valence-electron chi connectivity index (χ3n) is 12.8. The third kappa shape index (κ3) is 9.44. The Kier molecular flexibility index (Phi) is 11.6. The van der Waals surface area contributed by atoms with Gasteiger partial charge in [-0.05, 0) is 80.6 Å². The number of fused-ring (bicyclic) bond motifs is 1. The monoisotopic (exact) mass is 843 g/mol. The number of carbonyl (C=O) groups is 4. The molecular weight excluding hydrogens is 791 g/mol. The van der Waals surface area contributed by atoms with Gasteiger partial charge in [-0.2, -0.15) is 0 Å². The van der Waals surface area contributed by atoms with Crippen LogP contribution in [0, 0.1) is 5.41 Å². The number of hydrogen-bond donors (Lipinski definition) is 3. The van der Waals surface area contributed by atoms with E-state index in [0.717, 1.165) is 104 Å². The summed E-state index contributed by atoms with van der Waals surface area (Å²) in [5.41, 5.74) is 10.8. The van der Waals surface area contributed by atoms with Gasteiger partial charge in [0, 0.05) is 91.3 Å². The summed E-state index contributed by atoms with van der Waals surface area (Å²) in [6, 6.07) is 21.2. The van der Waals surface area contributed by atoms with Crippen molar-refractivity contribution in [3.8, 4) is 5.75 Å². The first-order chi connectivity index (χ1) is 29.5. The lowest BCUT2D eigenvalue weighted by atomic mass is 9.79. The van der Waals surface area contributed by atoms with Gasteiger partial charge in [-0.25, -0.2) is 9.97 Å². The fourth-order valence-corrected chi connectivity index (χ4v) is 10.1. The lowest BCUT2D eigenvalue weighted by Gasteiger charge is -2.48. The molecule has 0 aliphatic carbocycles. The Balaban J connectivity index is 0.686. The zero-order valence-electron chi connectivity index (χ0n) is 34.6. The number of nitrogens with two attached hydrogens (primary N) is 1. The van der Waals surface area contributed by atoms with Crippen LogP contribution < -0.4 is 26.0 Å². The molecule has 4 aromatic rings. The van der Waals surface area contributed by atoms with Gasteiger partial charge in [0.15, 0.2) is 0 Å². The van der Waals surface area contributed by atoms with E-state index in [0.29, 0.717) is 36.2 Å². The first kappa shape index (κ1) is 41.0. The van der Waals surface area contributed by atoms with E-state index in [1.165, 1.54) is 17.3 Å². The van der Waals surface area contributed by atoms with Gasteiger partial charge in [0.25, 0.3) is 5.91 Å². The van der Waals surface area contributed by atoms with Crippen molar-refractivity contribution in [1.82, 2.24) is 30.0 Å². The van der Waals surface area contributed by atoms with Crippen LogP contribution in [-0.4, -0.2) is 106 Å². The largest absolute Gasteiger partial charge is 0.489 e. The van der Waals surface area contributed by atoms with Crippen molar-refractivity contribution in [3.05, 3.63) is 101 Å². The molecule has 0 saturated carbocycles. The number of likely N-dealkylation sites (tertiary alicyclic amines) is 2. The molecule has 4 fully saturated rings. The van der Waals surface area contributed by atoms with Crippen molar-refractivity contribution < 1.29 is 23.9 Å². The van der Waals surface area contributed by atoms with E-state index in [9.17, 15) is 19.2 Å². The van der Waals surface area contributed by atoms with E-state index < -0.39 is 11.9 Å². The molecular formula is C46H53N9O5S. The topological polar surface area (TPSA) is 166 Å². The second-order valence-corrected chi connectivity index (χ2v) is 18.8. The third-order valence-corrected chi connectivity index (χ3v) is 13.7. The second-order valence-electron chi connectivity index (χ2n) is 17.7. The van der Waals surface area contributed by atoms with Gasteiger partial charge in [-0.3, -0.25) is 29.4 Å². The quantitative estimate of drug-likeness (QED) is 0.158. The van der Waals surface area contributed by atoms with Crippen LogP contribution in [0.5, 0.6) is 5.75 Å². The van der Waals surface area contributed by atoms with E-state index in [1.807, 2.05) is 42.7 Å². The molecule has 15 heteroatoms. The van der Waals surface area contributed by atoms with Crippen molar-refractivity contribution in [2.75, 3.05) is 56.0 Å². The molecule has 1 spiro atoms. The van der Waals surface area contributed by atoms with Crippen molar-refractivity contribution in [2.45, 2.75) is 86.6 Å². The van der Waals surface area contributed by atoms with Crippen molar-refractivity contribution in [1.29, 1.82) is 0 Å². The Labute approximate surface area is 360 Å². The lowest BCUT2D eigenvalue weighted by molar-refractivity contribution is -0.137. The van der Waals surface area contributed by atoms with E-state index in [4.69, 9.17) is 10.5 Å². The molecule has 4 amide bonds. The molecule has 5 aliphatic heterocycles. The number of ether oxygens (including phenoxy) is 1. The summed E-state index contributed by atoms with van der Waals surface area (Å²) < 4.78 is 6.22. The second kappa shape index (κ2) is 17.2. The van der Waals surface area contributed by atoms with Gasteiger partial charge in [-0.1, -0.05) is 48.2 Å². The summed E-state index contributed by atoms with van der Waals surface area (Å²) in [5, 5.41) is 6.25. The fourth-order valence-electron chi connectivity index (χ4n) is 9.35. The van der Waals surface area contributed by atoms with E-state index in [1.54, 1.807) is 17.0 Å². The zero-order chi connectivity index (χ0) is 42.1. The Morgan fingerprint density at radius 3 is 2.48 bits per heavy atom. The Morgan fingerprint density at radius 1 is 0.934 bits per heavy atom. The summed E-state index contributed by atoms with van der Waals surface area (Å²) >= 11 is 1.53. The van der Waals surface area contributed by atoms with Gasteiger partial charge in [-0.15, -0.1) is 0 Å². The summed E-state index contributed by atoms with van der Waals surface area (Å²) in [5.74, 6) is 0.590. The molecule has 1 aromatic heterocycles. The molecule has 1 unspecified atom stereocenters. The normalized spacial score (nSPS) is 21.0. The first-order valence-electron chi connectivity index (χ1n) is 21.3. The SMILES string of the molecule is CC1(N)CCN(c2cnc(Sc3cccc(NC(=O)CCN4CC5(CCN(Cc6ccc(COc7cccc8c7CN(C7CCC(=O)NC7=O)C8=O)cc6)C5)C4)c3)cn2)CC1. The van der Waals surface area contributed by atoms with E-state index in [2.05, 4.69) is 66.5 Å². The van der Waals surface area contributed by atoms with Crippen LogP contribution in [0.4, 0.5) is 11.5 Å². The Bertz CT molecular complexity index is 2290. The number of aromatic nitrogens is 2. The van der Waals surface area contributed by atoms with Gasteiger partial charge >= 0.3 is 0 Å². The zero-order valence-corrected chi connectivity index (χ0v) is 35.4. The van der Waals surface area contributed by atoms with E-state index in [-0.39, 0.29) is 36.2 Å². The number of carbonyl (C=O) groups excluding carboxylic acids is 4. The molecule has 9 rings (SSSR count). The molecule has 1 atom stereocenters. The van der Waals surface area contributed by atoms with Gasteiger partial charge in [0.2, 0.25) is 17.7 Å². The minimum absolute atomic E-state index is 0.0171. The van der Waals surface area contributed by atoms with Crippen LogP contribution in [0.3, 0.4) is 0 Å². The summed E-state index contributed by atoms with van der Waals surface area (Å²) in [4.78, 5) is 69.3. The molecule has 6 heterocycles. The number of benzene rings is 3. The number of nitrogens with one attached hydrogen (secondary N) is 2. The van der Waals surface area contributed by atoms with Gasteiger partial charge < -0.3 is 30.5 Å². The number of rotatable bonds is 13. The van der Waals surface area contributed by atoms with Gasteiger partial charge in [0.05, 0.1) is 18.9 Å². The summed E-state index contributed by atoms with van der Waals surface area (Å²) in [6.45, 7) is 10.3. The number of piperidine rings is 2. The highest BCUT2D eigenvalue weighted by atomic mass is 32.2. The summed E-state index contributed by atoms with van der Waals surface area (Å²) in [7, 11) is 0. The van der Waals surface area contributed by atoms with Gasteiger partial charge in [0.1, 0.15) is 29.2 Å². The average Bonchev–Trinajstić information content (AvgIpc) is 3.81. The van der Waals surface area contributed by atoms with Crippen LogP contribution in [-0.2, 0) is 34.1 Å². The van der Waals surface area contributed by atoms with Crippen LogP contribution >= 0.6 is 11.8 Å². The number of hydrogen-bond acceptors (Lipinski definition) is 12. The number of anilines is 2. The molecule has 318 valence electrons. The van der Waals surface area contributed by atoms with Crippen molar-refractivity contribution in [2.24, 2.45) is 11.1 Å². The lowest BCUT2D eigenvalue weighted by Crippen LogP contribution is -2.57. The molecule has 5 aliphatic rings. The molecule has 4 saturated heterocycles. The van der Waals surface area contributed by atoms with Crippen LogP contribution in [0.1, 0.15) is 72.5 Å². The maximum Gasteiger partial charge on any atom is 0.255 e. The predicted octanol–water partition coefficient (Wildman–Crippen LogP) is 4.82. The number of imide groups is 1. The highest BCUT2D eigenvalue weighted by molar-refractivity contribution is 7.99. The van der Waals surface area contributed by atoms with Crippen LogP contribution in [0.25, 0.3) is 0 Å². The highest BCUT2D eigenvalue weighted by Gasteiger charge is 2.47. The van der Waals surface area contributed by atoms with Crippen molar-refractivity contribution in [3.63, 3.8) is 0 Å². The molecule has 14 nitrogen and oxygen atoms in total. The minimum atomic E-state index is -0.660.